The van der Waals surface area contributed by atoms with Crippen LogP contribution in [0.1, 0.15) is 27.7 Å². The number of aromatic amines is 1. The monoisotopic (exact) mass is 346 g/mol. The highest BCUT2D eigenvalue weighted by molar-refractivity contribution is 6.62. The summed E-state index contributed by atoms with van der Waals surface area (Å²) < 4.78 is 12.2. The minimum absolute atomic E-state index is 0.321. The Balaban J connectivity index is 1.53. The van der Waals surface area contributed by atoms with Crippen molar-refractivity contribution in [1.29, 1.82) is 0 Å². The normalized spacial score (nSPS) is 18.2. The number of nitrogens with zero attached hydrogens (tertiary/aromatic N) is 1. The summed E-state index contributed by atoms with van der Waals surface area (Å²) >= 11 is 0. The van der Waals surface area contributed by atoms with Crippen molar-refractivity contribution < 1.29 is 9.31 Å². The molecule has 0 bridgehead atoms. The van der Waals surface area contributed by atoms with Gasteiger partial charge in [-0.05, 0) is 49.8 Å². The van der Waals surface area contributed by atoms with Gasteiger partial charge in [-0.1, -0.05) is 48.5 Å². The van der Waals surface area contributed by atoms with E-state index in [-0.39, 0.29) is 18.3 Å². The van der Waals surface area contributed by atoms with Crippen LogP contribution in [0, 0.1) is 0 Å². The van der Waals surface area contributed by atoms with Crippen LogP contribution in [-0.4, -0.2) is 28.3 Å². The quantitative estimate of drug-likeness (QED) is 0.728. The predicted octanol–water partition coefficient (Wildman–Crippen LogP) is 4.04. The first-order valence-corrected chi connectivity index (χ1v) is 8.90. The van der Waals surface area contributed by atoms with Crippen LogP contribution in [0.25, 0.3) is 22.4 Å². The zero-order chi connectivity index (χ0) is 18.4. The van der Waals surface area contributed by atoms with E-state index in [9.17, 15) is 0 Å². The van der Waals surface area contributed by atoms with Crippen LogP contribution in [0.15, 0.2) is 61.1 Å². The first kappa shape index (κ1) is 17.1. The van der Waals surface area contributed by atoms with Crippen molar-refractivity contribution in [3.8, 4) is 22.4 Å². The van der Waals surface area contributed by atoms with Gasteiger partial charge in [-0.3, -0.25) is 0 Å². The zero-order valence-corrected chi connectivity index (χ0v) is 15.6. The summed E-state index contributed by atoms with van der Waals surface area (Å²) in [7, 11) is -0.322. The van der Waals surface area contributed by atoms with E-state index < -0.39 is 0 Å². The molecule has 0 spiro atoms. The second-order valence-corrected chi connectivity index (χ2v) is 7.75. The molecule has 1 aliphatic heterocycles. The molecule has 1 aliphatic rings. The number of nitrogens with one attached hydrogen (secondary N) is 1. The summed E-state index contributed by atoms with van der Waals surface area (Å²) in [5.41, 5.74) is 4.89. The molecule has 0 atom stereocenters. The minimum atomic E-state index is -0.322. The van der Waals surface area contributed by atoms with Crippen LogP contribution in [-0.2, 0) is 9.31 Å². The number of benzene rings is 2. The standard InChI is InChI=1S/C21H23BN2O2/c1-20(2)21(3,4)26-22(25-20)18-11-9-16(10-12-18)15-5-7-17(8-6-15)19-13-23-14-24-19/h5-14H,1-4H3,(H,23,24). The molecule has 0 radical (unpaired) electrons. The van der Waals surface area contributed by atoms with Gasteiger partial charge in [0.2, 0.25) is 0 Å². The maximum Gasteiger partial charge on any atom is 0.494 e. The smallest absolute Gasteiger partial charge is 0.399 e. The molecule has 1 fully saturated rings. The van der Waals surface area contributed by atoms with Gasteiger partial charge in [0, 0.05) is 0 Å². The van der Waals surface area contributed by atoms with E-state index in [1.807, 2.05) is 6.20 Å². The first-order chi connectivity index (χ1) is 12.4. The Morgan fingerprint density at radius 1 is 0.769 bits per heavy atom. The lowest BCUT2D eigenvalue weighted by molar-refractivity contribution is 0.00578. The third kappa shape index (κ3) is 2.98. The van der Waals surface area contributed by atoms with Crippen LogP contribution in [0.3, 0.4) is 0 Å². The van der Waals surface area contributed by atoms with Gasteiger partial charge in [-0.2, -0.15) is 0 Å². The molecule has 1 saturated heterocycles. The van der Waals surface area contributed by atoms with Crippen molar-refractivity contribution in [3.63, 3.8) is 0 Å². The van der Waals surface area contributed by atoms with Crippen LogP contribution in [0.4, 0.5) is 0 Å². The van der Waals surface area contributed by atoms with E-state index in [1.54, 1.807) is 6.33 Å². The van der Waals surface area contributed by atoms with Crippen molar-refractivity contribution in [1.82, 2.24) is 9.97 Å². The van der Waals surface area contributed by atoms with E-state index in [0.29, 0.717) is 0 Å². The Hall–Kier alpha value is -2.37. The first-order valence-electron chi connectivity index (χ1n) is 8.90. The van der Waals surface area contributed by atoms with Crippen LogP contribution < -0.4 is 5.46 Å². The Bertz CT molecular complexity index is 869. The second-order valence-electron chi connectivity index (χ2n) is 7.75. The number of hydrogen-bond donors (Lipinski definition) is 1. The van der Waals surface area contributed by atoms with E-state index in [4.69, 9.17) is 9.31 Å². The van der Waals surface area contributed by atoms with Gasteiger partial charge in [0.15, 0.2) is 0 Å². The zero-order valence-electron chi connectivity index (χ0n) is 15.6. The van der Waals surface area contributed by atoms with Crippen molar-refractivity contribution in [2.24, 2.45) is 0 Å². The number of hydrogen-bond acceptors (Lipinski definition) is 3. The largest absolute Gasteiger partial charge is 0.494 e. The molecule has 1 N–H and O–H groups in total. The Morgan fingerprint density at radius 3 is 1.77 bits per heavy atom. The molecule has 2 heterocycles. The van der Waals surface area contributed by atoms with Crippen molar-refractivity contribution in [2.45, 2.75) is 38.9 Å². The predicted molar refractivity (Wildman–Crippen MR) is 105 cm³/mol. The summed E-state index contributed by atoms with van der Waals surface area (Å²) in [6.45, 7) is 8.29. The molecule has 0 unspecified atom stereocenters. The van der Waals surface area contributed by atoms with Crippen molar-refractivity contribution in [3.05, 3.63) is 61.1 Å². The summed E-state index contributed by atoms with van der Waals surface area (Å²) in [4.78, 5) is 7.19. The molecule has 0 aliphatic carbocycles. The molecule has 5 heteroatoms. The lowest BCUT2D eigenvalue weighted by atomic mass is 9.78. The third-order valence-electron chi connectivity index (χ3n) is 5.46. The topological polar surface area (TPSA) is 47.1 Å². The molecule has 4 nitrogen and oxygen atoms in total. The van der Waals surface area contributed by atoms with Crippen LogP contribution >= 0.6 is 0 Å². The van der Waals surface area contributed by atoms with Gasteiger partial charge in [-0.15, -0.1) is 0 Å². The van der Waals surface area contributed by atoms with E-state index >= 15 is 0 Å². The van der Waals surface area contributed by atoms with Crippen LogP contribution in [0.5, 0.6) is 0 Å². The van der Waals surface area contributed by atoms with Gasteiger partial charge >= 0.3 is 7.12 Å². The van der Waals surface area contributed by atoms with E-state index in [0.717, 1.165) is 16.7 Å². The Morgan fingerprint density at radius 2 is 1.27 bits per heavy atom. The molecule has 0 saturated carbocycles. The number of aromatic nitrogens is 2. The van der Waals surface area contributed by atoms with E-state index in [1.165, 1.54) is 11.1 Å². The summed E-state index contributed by atoms with van der Waals surface area (Å²) in [6.07, 6.45) is 3.52. The molecule has 2 aromatic carbocycles. The second kappa shape index (κ2) is 6.11. The molecule has 1 aromatic heterocycles. The maximum absolute atomic E-state index is 6.12. The van der Waals surface area contributed by atoms with Gasteiger partial charge < -0.3 is 14.3 Å². The van der Waals surface area contributed by atoms with Crippen LogP contribution in [0.2, 0.25) is 0 Å². The average molecular weight is 346 g/mol. The maximum atomic E-state index is 6.12. The van der Waals surface area contributed by atoms with Gasteiger partial charge in [0.1, 0.15) is 0 Å². The minimum Gasteiger partial charge on any atom is -0.399 e. The van der Waals surface area contributed by atoms with Gasteiger partial charge in [-0.25, -0.2) is 4.98 Å². The summed E-state index contributed by atoms with van der Waals surface area (Å²) in [5.74, 6) is 0. The average Bonchev–Trinajstić information content (AvgIpc) is 3.22. The summed E-state index contributed by atoms with van der Waals surface area (Å²) in [6, 6.07) is 16.9. The number of rotatable bonds is 3. The lowest BCUT2D eigenvalue weighted by Gasteiger charge is -2.32. The number of imidazole rings is 1. The highest BCUT2D eigenvalue weighted by Crippen LogP contribution is 2.36. The van der Waals surface area contributed by atoms with Crippen molar-refractivity contribution >= 4 is 12.6 Å². The molecular formula is C21H23BN2O2. The fourth-order valence-corrected chi connectivity index (χ4v) is 3.07. The van der Waals surface area contributed by atoms with Gasteiger partial charge in [0.25, 0.3) is 0 Å². The fraction of sp³-hybridized carbons (Fsp3) is 0.286. The molecule has 0 amide bonds. The molecule has 132 valence electrons. The molecule has 26 heavy (non-hydrogen) atoms. The third-order valence-corrected chi connectivity index (χ3v) is 5.46. The van der Waals surface area contributed by atoms with Crippen molar-refractivity contribution in [2.75, 3.05) is 0 Å². The molecule has 3 aromatic rings. The highest BCUT2D eigenvalue weighted by Gasteiger charge is 2.51. The summed E-state index contributed by atoms with van der Waals surface area (Å²) in [5, 5.41) is 0. The molecular weight excluding hydrogens is 323 g/mol. The Kier molecular flexibility index (Phi) is 4.01. The van der Waals surface area contributed by atoms with Gasteiger partial charge in [0.05, 0.1) is 29.4 Å². The SMILES string of the molecule is CC1(C)OB(c2ccc(-c3ccc(-c4cnc[nH]4)cc3)cc2)OC1(C)C. The lowest BCUT2D eigenvalue weighted by Crippen LogP contribution is -2.41. The molecule has 4 rings (SSSR count). The number of H-pyrrole nitrogens is 1. The van der Waals surface area contributed by atoms with E-state index in [2.05, 4.69) is 86.2 Å². The highest BCUT2D eigenvalue weighted by atomic mass is 16.7. The fourth-order valence-electron chi connectivity index (χ4n) is 3.07. The Labute approximate surface area is 154 Å².